The zero-order valence-electron chi connectivity index (χ0n) is 6.23. The average Bonchev–Trinajstić information content (AvgIpc) is 1.85. The summed E-state index contributed by atoms with van der Waals surface area (Å²) in [6, 6.07) is 0. The molecule has 0 aliphatic rings. The number of esters is 1. The molecule has 0 aromatic carbocycles. The molecule has 0 fully saturated rings. The van der Waals surface area contributed by atoms with Crippen LogP contribution in [0, 0.1) is 0 Å². The maximum Gasteiger partial charge on any atom is 0.330 e. The van der Waals surface area contributed by atoms with Crippen LogP contribution in [-0.4, -0.2) is 23.9 Å². The first-order valence-electron chi connectivity index (χ1n) is 3.08. The van der Waals surface area contributed by atoms with E-state index in [2.05, 4.69) is 4.74 Å². The molecule has 0 aromatic heterocycles. The van der Waals surface area contributed by atoms with E-state index in [-0.39, 0.29) is 6.61 Å². The molecular formula is C6H9ClF2O2. The molecule has 0 aliphatic carbocycles. The van der Waals surface area contributed by atoms with Gasteiger partial charge >= 0.3 is 5.97 Å². The van der Waals surface area contributed by atoms with Crippen LogP contribution in [0.25, 0.3) is 0 Å². The zero-order valence-corrected chi connectivity index (χ0v) is 6.99. The molecule has 0 rings (SSSR count). The third-order valence-corrected chi connectivity index (χ3v) is 1.50. The number of alkyl halides is 3. The number of carbonyl (C=O) groups excluding carboxylic acids is 1. The Morgan fingerprint density at radius 1 is 1.73 bits per heavy atom. The molecule has 0 aliphatic heterocycles. The largest absolute Gasteiger partial charge is 0.465 e. The summed E-state index contributed by atoms with van der Waals surface area (Å²) in [7, 11) is 0. The molecule has 1 atom stereocenters. The Morgan fingerprint density at radius 3 is 2.45 bits per heavy atom. The van der Waals surface area contributed by atoms with Crippen LogP contribution in [0.4, 0.5) is 8.78 Å². The van der Waals surface area contributed by atoms with Gasteiger partial charge in [-0.2, -0.15) is 0 Å². The molecule has 66 valence electrons. The Kier molecular flexibility index (Phi) is 3.72. The van der Waals surface area contributed by atoms with Crippen LogP contribution >= 0.6 is 11.6 Å². The minimum atomic E-state index is -3.23. The van der Waals surface area contributed by atoms with Gasteiger partial charge < -0.3 is 4.74 Å². The summed E-state index contributed by atoms with van der Waals surface area (Å²) < 4.78 is 28.8. The standard InChI is InChI=1S/C6H9ClF2O2/c1-3-11-5(10)4(7)6(2,8)9/h4H,3H2,1-2H3/t4-/m0/s1. The lowest BCUT2D eigenvalue weighted by molar-refractivity contribution is -0.149. The molecule has 0 bridgehead atoms. The van der Waals surface area contributed by atoms with Crippen molar-refractivity contribution in [2.75, 3.05) is 6.61 Å². The van der Waals surface area contributed by atoms with Crippen molar-refractivity contribution in [3.63, 3.8) is 0 Å². The molecule has 11 heavy (non-hydrogen) atoms. The SMILES string of the molecule is CCOC(=O)[C@H](Cl)C(C)(F)F. The van der Waals surface area contributed by atoms with Crippen LogP contribution in [0.5, 0.6) is 0 Å². The van der Waals surface area contributed by atoms with E-state index in [1.54, 1.807) is 0 Å². The van der Waals surface area contributed by atoms with Crippen molar-refractivity contribution < 1.29 is 18.3 Å². The number of carbonyl (C=O) groups is 1. The van der Waals surface area contributed by atoms with E-state index in [1.807, 2.05) is 0 Å². The maximum atomic E-state index is 12.3. The average molecular weight is 187 g/mol. The molecule has 2 nitrogen and oxygen atoms in total. The molecule has 5 heteroatoms. The second kappa shape index (κ2) is 3.85. The monoisotopic (exact) mass is 186 g/mol. The van der Waals surface area contributed by atoms with Gasteiger partial charge in [0, 0.05) is 6.92 Å². The van der Waals surface area contributed by atoms with Crippen molar-refractivity contribution in [2.24, 2.45) is 0 Å². The van der Waals surface area contributed by atoms with Gasteiger partial charge in [-0.3, -0.25) is 4.79 Å². The summed E-state index contributed by atoms with van der Waals surface area (Å²) in [4.78, 5) is 10.6. The quantitative estimate of drug-likeness (QED) is 0.496. The van der Waals surface area contributed by atoms with Crippen LogP contribution in [0.1, 0.15) is 13.8 Å². The number of hydrogen-bond acceptors (Lipinski definition) is 2. The third kappa shape index (κ3) is 3.51. The van der Waals surface area contributed by atoms with Crippen LogP contribution in [0.15, 0.2) is 0 Å². The molecule has 0 amide bonds. The van der Waals surface area contributed by atoms with Gasteiger partial charge in [0.25, 0.3) is 5.92 Å². The highest BCUT2D eigenvalue weighted by Crippen LogP contribution is 2.23. The summed E-state index contributed by atoms with van der Waals surface area (Å²) in [5.74, 6) is -4.31. The molecule has 0 N–H and O–H groups in total. The van der Waals surface area contributed by atoms with Gasteiger partial charge in [-0.05, 0) is 6.92 Å². The van der Waals surface area contributed by atoms with Gasteiger partial charge in [0.15, 0.2) is 5.38 Å². The van der Waals surface area contributed by atoms with Crippen LogP contribution in [0.2, 0.25) is 0 Å². The minimum absolute atomic E-state index is 0.0537. The molecule has 0 spiro atoms. The summed E-state index contributed by atoms with van der Waals surface area (Å²) in [6.07, 6.45) is 0. The first kappa shape index (κ1) is 10.6. The summed E-state index contributed by atoms with van der Waals surface area (Å²) in [5, 5.41) is -1.89. The molecular weight excluding hydrogens is 178 g/mol. The lowest BCUT2D eigenvalue weighted by Crippen LogP contribution is -2.34. The highest BCUT2D eigenvalue weighted by molar-refractivity contribution is 6.30. The van der Waals surface area contributed by atoms with Crippen molar-refractivity contribution in [3.8, 4) is 0 Å². The fraction of sp³-hybridized carbons (Fsp3) is 0.833. The molecule has 0 radical (unpaired) electrons. The predicted molar refractivity (Wildman–Crippen MR) is 36.9 cm³/mol. The van der Waals surface area contributed by atoms with Crippen LogP contribution in [0.3, 0.4) is 0 Å². The van der Waals surface area contributed by atoms with E-state index in [0.717, 1.165) is 0 Å². The predicted octanol–water partition coefficient (Wildman–Crippen LogP) is 1.81. The van der Waals surface area contributed by atoms with Crippen LogP contribution < -0.4 is 0 Å². The van der Waals surface area contributed by atoms with E-state index in [9.17, 15) is 13.6 Å². The molecule has 0 saturated carbocycles. The first-order chi connectivity index (χ1) is 4.89. The second-order valence-corrected chi connectivity index (χ2v) is 2.51. The van der Waals surface area contributed by atoms with E-state index >= 15 is 0 Å². The third-order valence-electron chi connectivity index (χ3n) is 0.939. The van der Waals surface area contributed by atoms with Crippen LogP contribution in [-0.2, 0) is 9.53 Å². The van der Waals surface area contributed by atoms with Gasteiger partial charge in [0.2, 0.25) is 0 Å². The normalized spacial score (nSPS) is 14.3. The number of rotatable bonds is 3. The van der Waals surface area contributed by atoms with Gasteiger partial charge in [-0.25, -0.2) is 8.78 Å². The first-order valence-corrected chi connectivity index (χ1v) is 3.51. The van der Waals surface area contributed by atoms with Gasteiger partial charge in [-0.1, -0.05) is 0 Å². The maximum absolute atomic E-state index is 12.3. The second-order valence-electron chi connectivity index (χ2n) is 2.07. The fourth-order valence-corrected chi connectivity index (χ4v) is 0.485. The number of halogens is 3. The van der Waals surface area contributed by atoms with Crippen molar-refractivity contribution in [3.05, 3.63) is 0 Å². The minimum Gasteiger partial charge on any atom is -0.465 e. The Labute approximate surface area is 68.5 Å². The summed E-state index contributed by atoms with van der Waals surface area (Å²) >= 11 is 5.06. The van der Waals surface area contributed by atoms with Crippen molar-refractivity contribution in [1.29, 1.82) is 0 Å². The van der Waals surface area contributed by atoms with E-state index < -0.39 is 17.3 Å². The Bertz CT molecular complexity index is 144. The zero-order chi connectivity index (χ0) is 9.07. The highest BCUT2D eigenvalue weighted by Gasteiger charge is 2.39. The Hall–Kier alpha value is -0.380. The number of ether oxygens (including phenoxy) is 1. The smallest absolute Gasteiger partial charge is 0.330 e. The summed E-state index contributed by atoms with van der Waals surface area (Å²) in [5.41, 5.74) is 0. The lowest BCUT2D eigenvalue weighted by atomic mass is 10.3. The van der Waals surface area contributed by atoms with Crippen molar-refractivity contribution in [1.82, 2.24) is 0 Å². The van der Waals surface area contributed by atoms with E-state index in [1.165, 1.54) is 6.92 Å². The highest BCUT2D eigenvalue weighted by atomic mass is 35.5. The topological polar surface area (TPSA) is 26.3 Å². The molecule has 0 heterocycles. The van der Waals surface area contributed by atoms with Gasteiger partial charge in [0.05, 0.1) is 6.61 Å². The molecule has 0 saturated heterocycles. The Morgan fingerprint density at radius 2 is 2.18 bits per heavy atom. The van der Waals surface area contributed by atoms with Crippen molar-refractivity contribution >= 4 is 17.6 Å². The summed E-state index contributed by atoms with van der Waals surface area (Å²) in [6.45, 7) is 2.15. The number of hydrogen-bond donors (Lipinski definition) is 0. The lowest BCUT2D eigenvalue weighted by Gasteiger charge is -2.14. The Balaban J connectivity index is 4.03. The van der Waals surface area contributed by atoms with Crippen molar-refractivity contribution in [2.45, 2.75) is 25.1 Å². The van der Waals surface area contributed by atoms with Gasteiger partial charge in [0.1, 0.15) is 0 Å². The van der Waals surface area contributed by atoms with E-state index in [4.69, 9.17) is 11.6 Å². The molecule has 0 aromatic rings. The fourth-order valence-electron chi connectivity index (χ4n) is 0.422. The van der Waals surface area contributed by atoms with E-state index in [0.29, 0.717) is 6.92 Å². The van der Waals surface area contributed by atoms with Gasteiger partial charge in [-0.15, -0.1) is 11.6 Å². The molecule has 0 unspecified atom stereocenters.